The second-order valence-electron chi connectivity index (χ2n) is 3.36. The van der Waals surface area contributed by atoms with Crippen molar-refractivity contribution < 1.29 is 8.78 Å². The summed E-state index contributed by atoms with van der Waals surface area (Å²) in [7, 11) is 0. The molecule has 1 heterocycles. The van der Waals surface area contributed by atoms with Crippen LogP contribution in [-0.2, 0) is 6.54 Å². The molecular weight excluding hydrogens is 196 g/mol. The Morgan fingerprint density at radius 1 is 1.07 bits per heavy atom. The molecule has 0 atom stereocenters. The molecular formula is C12H11F2N. The predicted octanol–water partition coefficient (Wildman–Crippen LogP) is 3.45. The van der Waals surface area contributed by atoms with Crippen LogP contribution in [0.5, 0.6) is 0 Å². The van der Waals surface area contributed by atoms with Gasteiger partial charge in [-0.25, -0.2) is 8.78 Å². The molecule has 0 N–H and O–H groups in total. The van der Waals surface area contributed by atoms with Crippen molar-refractivity contribution in [2.45, 2.75) is 13.5 Å². The first-order chi connectivity index (χ1) is 7.20. The van der Waals surface area contributed by atoms with E-state index >= 15 is 0 Å². The van der Waals surface area contributed by atoms with Crippen molar-refractivity contribution in [1.82, 2.24) is 4.57 Å². The Bertz CT molecular complexity index is 474. The second kappa shape index (κ2) is 3.85. The number of aryl methyl sites for hydroxylation is 1. The molecule has 0 aliphatic rings. The molecule has 0 bridgehead atoms. The first kappa shape index (κ1) is 9.90. The molecule has 0 amide bonds. The van der Waals surface area contributed by atoms with E-state index in [1.807, 2.05) is 30.0 Å². The average Bonchev–Trinajstić information content (AvgIpc) is 2.70. The third-order valence-electron chi connectivity index (χ3n) is 2.37. The lowest BCUT2D eigenvalue weighted by molar-refractivity contribution is 0.509. The lowest BCUT2D eigenvalue weighted by atomic mass is 10.1. The molecule has 78 valence electrons. The van der Waals surface area contributed by atoms with Crippen LogP contribution in [0.3, 0.4) is 0 Å². The van der Waals surface area contributed by atoms with Gasteiger partial charge in [0, 0.05) is 18.9 Å². The highest BCUT2D eigenvalue weighted by Crippen LogP contribution is 2.21. The van der Waals surface area contributed by atoms with E-state index in [1.165, 1.54) is 6.07 Å². The minimum absolute atomic E-state index is 0.695. The van der Waals surface area contributed by atoms with Gasteiger partial charge < -0.3 is 4.57 Å². The fraction of sp³-hybridized carbons (Fsp3) is 0.167. The maximum absolute atomic E-state index is 13.0. The second-order valence-corrected chi connectivity index (χ2v) is 3.36. The summed E-state index contributed by atoms with van der Waals surface area (Å²) in [6.07, 6.45) is 3.82. The van der Waals surface area contributed by atoms with Crippen LogP contribution in [0.15, 0.2) is 36.7 Å². The van der Waals surface area contributed by atoms with E-state index in [-0.39, 0.29) is 0 Å². The monoisotopic (exact) mass is 207 g/mol. The summed E-state index contributed by atoms with van der Waals surface area (Å²) in [6, 6.07) is 5.82. The molecule has 0 aliphatic carbocycles. The lowest BCUT2D eigenvalue weighted by Gasteiger charge is -1.99. The van der Waals surface area contributed by atoms with E-state index in [1.54, 1.807) is 6.07 Å². The lowest BCUT2D eigenvalue weighted by Crippen LogP contribution is -1.87. The Hall–Kier alpha value is -1.64. The summed E-state index contributed by atoms with van der Waals surface area (Å²) in [5.41, 5.74) is 1.59. The number of halogens is 2. The minimum atomic E-state index is -0.811. The maximum atomic E-state index is 13.0. The molecule has 0 unspecified atom stereocenters. The van der Waals surface area contributed by atoms with Gasteiger partial charge in [0.15, 0.2) is 11.6 Å². The fourth-order valence-corrected chi connectivity index (χ4v) is 1.48. The van der Waals surface area contributed by atoms with Gasteiger partial charge >= 0.3 is 0 Å². The molecule has 2 rings (SSSR count). The van der Waals surface area contributed by atoms with Gasteiger partial charge in [0.2, 0.25) is 0 Å². The van der Waals surface area contributed by atoms with Crippen LogP contribution in [0, 0.1) is 11.6 Å². The number of nitrogens with zero attached hydrogens (tertiary/aromatic N) is 1. The van der Waals surface area contributed by atoms with E-state index in [9.17, 15) is 8.78 Å². The average molecular weight is 207 g/mol. The summed E-state index contributed by atoms with van der Waals surface area (Å²) >= 11 is 0. The van der Waals surface area contributed by atoms with Crippen molar-refractivity contribution in [3.8, 4) is 11.1 Å². The molecule has 0 saturated carbocycles. The SMILES string of the molecule is CCn1ccc(-c2ccc(F)c(F)c2)c1. The van der Waals surface area contributed by atoms with Gasteiger partial charge in [0.1, 0.15) is 0 Å². The topological polar surface area (TPSA) is 4.93 Å². The van der Waals surface area contributed by atoms with Crippen molar-refractivity contribution in [3.63, 3.8) is 0 Å². The Kier molecular flexibility index (Phi) is 2.54. The van der Waals surface area contributed by atoms with Gasteiger partial charge in [-0.3, -0.25) is 0 Å². The van der Waals surface area contributed by atoms with Crippen molar-refractivity contribution in [3.05, 3.63) is 48.3 Å². The van der Waals surface area contributed by atoms with Gasteiger partial charge in [-0.05, 0) is 36.2 Å². The molecule has 1 aromatic carbocycles. The third-order valence-corrected chi connectivity index (χ3v) is 2.37. The Morgan fingerprint density at radius 3 is 2.47 bits per heavy atom. The van der Waals surface area contributed by atoms with Gasteiger partial charge in [-0.1, -0.05) is 6.07 Å². The highest BCUT2D eigenvalue weighted by atomic mass is 19.2. The molecule has 15 heavy (non-hydrogen) atoms. The van der Waals surface area contributed by atoms with Crippen LogP contribution < -0.4 is 0 Å². The number of hydrogen-bond donors (Lipinski definition) is 0. The third kappa shape index (κ3) is 1.91. The fourth-order valence-electron chi connectivity index (χ4n) is 1.48. The van der Waals surface area contributed by atoms with Gasteiger partial charge in [0.05, 0.1) is 0 Å². The summed E-state index contributed by atoms with van der Waals surface area (Å²) in [5, 5.41) is 0. The van der Waals surface area contributed by atoms with Crippen LogP contribution in [-0.4, -0.2) is 4.57 Å². The van der Waals surface area contributed by atoms with Crippen molar-refractivity contribution >= 4 is 0 Å². The van der Waals surface area contributed by atoms with Crippen LogP contribution in [0.25, 0.3) is 11.1 Å². The zero-order valence-corrected chi connectivity index (χ0v) is 8.37. The number of aromatic nitrogens is 1. The predicted molar refractivity (Wildman–Crippen MR) is 55.5 cm³/mol. The molecule has 0 spiro atoms. The van der Waals surface area contributed by atoms with E-state index in [2.05, 4.69) is 0 Å². The molecule has 1 nitrogen and oxygen atoms in total. The van der Waals surface area contributed by atoms with Crippen molar-refractivity contribution in [1.29, 1.82) is 0 Å². The first-order valence-electron chi connectivity index (χ1n) is 4.82. The van der Waals surface area contributed by atoms with Crippen molar-refractivity contribution in [2.24, 2.45) is 0 Å². The van der Waals surface area contributed by atoms with E-state index in [4.69, 9.17) is 0 Å². The largest absolute Gasteiger partial charge is 0.354 e. The number of hydrogen-bond acceptors (Lipinski definition) is 0. The Labute approximate surface area is 87.0 Å². The normalized spacial score (nSPS) is 10.6. The van der Waals surface area contributed by atoms with Crippen LogP contribution in [0.4, 0.5) is 8.78 Å². The van der Waals surface area contributed by atoms with Crippen molar-refractivity contribution in [2.75, 3.05) is 0 Å². The molecule has 0 aliphatic heterocycles. The number of rotatable bonds is 2. The summed E-state index contributed by atoms with van der Waals surface area (Å²) in [4.78, 5) is 0. The molecule has 1 aromatic heterocycles. The van der Waals surface area contributed by atoms with Gasteiger partial charge in [-0.15, -0.1) is 0 Å². The van der Waals surface area contributed by atoms with Crippen LogP contribution in [0.2, 0.25) is 0 Å². The zero-order chi connectivity index (χ0) is 10.8. The molecule has 2 aromatic rings. The molecule has 0 saturated heterocycles. The zero-order valence-electron chi connectivity index (χ0n) is 8.37. The van der Waals surface area contributed by atoms with Gasteiger partial charge in [0.25, 0.3) is 0 Å². The highest BCUT2D eigenvalue weighted by Gasteiger charge is 2.05. The Morgan fingerprint density at radius 2 is 1.87 bits per heavy atom. The molecule has 3 heteroatoms. The van der Waals surface area contributed by atoms with Crippen LogP contribution >= 0.6 is 0 Å². The molecule has 0 fully saturated rings. The standard InChI is InChI=1S/C12H11F2N/c1-2-15-6-5-10(8-15)9-3-4-11(13)12(14)7-9/h3-8H,2H2,1H3. The molecule has 0 radical (unpaired) electrons. The van der Waals surface area contributed by atoms with Crippen LogP contribution in [0.1, 0.15) is 6.92 Å². The first-order valence-corrected chi connectivity index (χ1v) is 4.82. The highest BCUT2D eigenvalue weighted by molar-refractivity contribution is 5.62. The van der Waals surface area contributed by atoms with E-state index < -0.39 is 11.6 Å². The maximum Gasteiger partial charge on any atom is 0.159 e. The minimum Gasteiger partial charge on any atom is -0.354 e. The van der Waals surface area contributed by atoms with Gasteiger partial charge in [-0.2, -0.15) is 0 Å². The van der Waals surface area contributed by atoms with E-state index in [0.717, 1.165) is 18.2 Å². The Balaban J connectivity index is 2.40. The quantitative estimate of drug-likeness (QED) is 0.710. The smallest absolute Gasteiger partial charge is 0.159 e. The number of benzene rings is 1. The van der Waals surface area contributed by atoms with E-state index in [0.29, 0.717) is 5.56 Å². The summed E-state index contributed by atoms with van der Waals surface area (Å²) in [6.45, 7) is 2.89. The summed E-state index contributed by atoms with van der Waals surface area (Å²) in [5.74, 6) is -1.62. The summed E-state index contributed by atoms with van der Waals surface area (Å²) < 4.78 is 27.7.